The van der Waals surface area contributed by atoms with Crippen LogP contribution in [0.15, 0.2) is 46.9 Å². The second-order valence-electron chi connectivity index (χ2n) is 3.84. The summed E-state index contributed by atoms with van der Waals surface area (Å²) < 4.78 is 19.8. The van der Waals surface area contributed by atoms with Crippen LogP contribution in [0.2, 0.25) is 0 Å². The van der Waals surface area contributed by atoms with Gasteiger partial charge in [0.25, 0.3) is 0 Å². The van der Waals surface area contributed by atoms with Gasteiger partial charge >= 0.3 is 5.97 Å². The van der Waals surface area contributed by atoms with Gasteiger partial charge in [-0.15, -0.1) is 0 Å². The topological polar surface area (TPSA) is 46.5 Å². The van der Waals surface area contributed by atoms with Gasteiger partial charge in [-0.25, -0.2) is 9.18 Å². The number of carboxylic acids is 1. The molecule has 0 radical (unpaired) electrons. The lowest BCUT2D eigenvalue weighted by molar-refractivity contribution is 0.0692. The minimum Gasteiger partial charge on any atom is -0.488 e. The summed E-state index contributed by atoms with van der Waals surface area (Å²) in [6, 6.07) is 11.2. The summed E-state index contributed by atoms with van der Waals surface area (Å²) in [5.41, 5.74) is 0.225. The molecule has 0 saturated heterocycles. The lowest BCUT2D eigenvalue weighted by Crippen LogP contribution is -2.03. The van der Waals surface area contributed by atoms with E-state index < -0.39 is 11.8 Å². The molecule has 0 fully saturated rings. The molecule has 3 nitrogen and oxygen atoms in total. The number of carboxylic acid groups (broad SMARTS) is 1. The van der Waals surface area contributed by atoms with E-state index in [1.165, 1.54) is 18.2 Å². The molecule has 0 atom stereocenters. The Morgan fingerprint density at radius 3 is 2.63 bits per heavy atom. The van der Waals surface area contributed by atoms with Gasteiger partial charge < -0.3 is 9.84 Å². The van der Waals surface area contributed by atoms with Crippen molar-refractivity contribution in [1.82, 2.24) is 0 Å². The molecule has 0 spiro atoms. The number of halogens is 2. The number of hydrogen-bond donors (Lipinski definition) is 1. The minimum absolute atomic E-state index is 0.166. The number of para-hydroxylation sites is 1. The van der Waals surface area contributed by atoms with Crippen molar-refractivity contribution in [2.24, 2.45) is 0 Å². The highest BCUT2D eigenvalue weighted by Gasteiger charge is 2.10. The van der Waals surface area contributed by atoms with Crippen LogP contribution in [0, 0.1) is 5.82 Å². The van der Waals surface area contributed by atoms with E-state index in [1.807, 2.05) is 18.2 Å². The van der Waals surface area contributed by atoms with Crippen molar-refractivity contribution in [2.75, 3.05) is 0 Å². The third kappa shape index (κ3) is 3.32. The first-order valence-electron chi connectivity index (χ1n) is 5.47. The quantitative estimate of drug-likeness (QED) is 0.928. The highest BCUT2D eigenvalue weighted by molar-refractivity contribution is 9.10. The molecule has 0 aromatic heterocycles. The Morgan fingerprint density at radius 2 is 2.00 bits per heavy atom. The molecule has 0 amide bonds. The molecule has 0 heterocycles. The zero-order valence-electron chi connectivity index (χ0n) is 9.77. The normalized spacial score (nSPS) is 10.2. The smallest absolute Gasteiger partial charge is 0.338 e. The van der Waals surface area contributed by atoms with E-state index in [0.717, 1.165) is 4.47 Å². The molecule has 0 saturated carbocycles. The van der Waals surface area contributed by atoms with Crippen LogP contribution in [0.3, 0.4) is 0 Å². The summed E-state index contributed by atoms with van der Waals surface area (Å²) in [4.78, 5) is 10.7. The maximum Gasteiger partial charge on any atom is 0.338 e. The molecule has 19 heavy (non-hydrogen) atoms. The second kappa shape index (κ2) is 5.84. The lowest BCUT2D eigenvalue weighted by atomic mass is 10.1. The van der Waals surface area contributed by atoms with Crippen molar-refractivity contribution in [3.8, 4) is 5.75 Å². The molecular formula is C14H10BrFO3. The monoisotopic (exact) mass is 324 g/mol. The van der Waals surface area contributed by atoms with Crippen molar-refractivity contribution < 1.29 is 19.0 Å². The predicted octanol–water partition coefficient (Wildman–Crippen LogP) is 3.87. The van der Waals surface area contributed by atoms with Gasteiger partial charge in [-0.2, -0.15) is 0 Å². The van der Waals surface area contributed by atoms with Gasteiger partial charge in [0.15, 0.2) is 0 Å². The zero-order chi connectivity index (χ0) is 13.8. The lowest BCUT2D eigenvalue weighted by Gasteiger charge is -2.08. The summed E-state index contributed by atoms with van der Waals surface area (Å²) in [7, 11) is 0. The Kier molecular flexibility index (Phi) is 4.16. The third-order valence-corrected chi connectivity index (χ3v) is 3.15. The van der Waals surface area contributed by atoms with E-state index in [-0.39, 0.29) is 12.2 Å². The average Bonchev–Trinajstić information content (AvgIpc) is 2.37. The number of hydrogen-bond acceptors (Lipinski definition) is 2. The van der Waals surface area contributed by atoms with Crippen LogP contribution in [-0.2, 0) is 6.61 Å². The Morgan fingerprint density at radius 1 is 1.26 bits per heavy atom. The predicted molar refractivity (Wildman–Crippen MR) is 71.8 cm³/mol. The number of ether oxygens (including phenoxy) is 1. The van der Waals surface area contributed by atoms with Crippen LogP contribution in [0.25, 0.3) is 0 Å². The number of benzene rings is 2. The van der Waals surface area contributed by atoms with Gasteiger partial charge in [0.1, 0.15) is 18.2 Å². The Balaban J connectivity index is 2.11. The van der Waals surface area contributed by atoms with Gasteiger partial charge in [-0.3, -0.25) is 0 Å². The zero-order valence-corrected chi connectivity index (χ0v) is 11.4. The van der Waals surface area contributed by atoms with E-state index in [4.69, 9.17) is 9.84 Å². The molecule has 5 heteroatoms. The molecule has 0 aliphatic carbocycles. The molecule has 1 N–H and O–H groups in total. The number of aromatic carboxylic acids is 1. The Hall–Kier alpha value is -1.88. The maximum atomic E-state index is 13.5. The molecule has 98 valence electrons. The molecule has 0 bridgehead atoms. The number of rotatable bonds is 4. The fourth-order valence-corrected chi connectivity index (χ4v) is 1.94. The van der Waals surface area contributed by atoms with Crippen LogP contribution < -0.4 is 4.74 Å². The Bertz CT molecular complexity index is 613. The number of carbonyl (C=O) groups is 1. The van der Waals surface area contributed by atoms with Gasteiger partial charge in [0, 0.05) is 0 Å². The first-order chi connectivity index (χ1) is 9.08. The summed E-state index contributed by atoms with van der Waals surface area (Å²) in [6.45, 7) is 0.166. The molecule has 0 aliphatic rings. The SMILES string of the molecule is O=C(O)c1ccc(COc2ccccc2Br)cc1F. The van der Waals surface area contributed by atoms with E-state index in [0.29, 0.717) is 11.3 Å². The Labute approximate surface area is 117 Å². The van der Waals surface area contributed by atoms with Crippen LogP contribution in [0.4, 0.5) is 4.39 Å². The van der Waals surface area contributed by atoms with Crippen molar-refractivity contribution in [3.05, 3.63) is 63.9 Å². The van der Waals surface area contributed by atoms with Crippen LogP contribution in [0.1, 0.15) is 15.9 Å². The summed E-state index contributed by atoms with van der Waals surface area (Å²) >= 11 is 3.34. The third-order valence-electron chi connectivity index (χ3n) is 2.49. The molecule has 0 aliphatic heterocycles. The van der Waals surface area contributed by atoms with Gasteiger partial charge in [0.2, 0.25) is 0 Å². The van der Waals surface area contributed by atoms with E-state index in [2.05, 4.69) is 15.9 Å². The van der Waals surface area contributed by atoms with Crippen molar-refractivity contribution >= 4 is 21.9 Å². The van der Waals surface area contributed by atoms with E-state index in [1.54, 1.807) is 6.07 Å². The van der Waals surface area contributed by atoms with Gasteiger partial charge in [0.05, 0.1) is 10.0 Å². The summed E-state index contributed by atoms with van der Waals surface area (Å²) in [5, 5.41) is 8.72. The van der Waals surface area contributed by atoms with Crippen LogP contribution in [0.5, 0.6) is 5.75 Å². The van der Waals surface area contributed by atoms with Gasteiger partial charge in [-0.05, 0) is 45.8 Å². The van der Waals surface area contributed by atoms with E-state index in [9.17, 15) is 9.18 Å². The fraction of sp³-hybridized carbons (Fsp3) is 0.0714. The maximum absolute atomic E-state index is 13.5. The molecule has 0 unspecified atom stereocenters. The first kappa shape index (κ1) is 13.5. The summed E-state index contributed by atoms with van der Waals surface area (Å²) in [6.07, 6.45) is 0. The first-order valence-corrected chi connectivity index (χ1v) is 6.26. The highest BCUT2D eigenvalue weighted by atomic mass is 79.9. The molecular weight excluding hydrogens is 315 g/mol. The van der Waals surface area contributed by atoms with Crippen molar-refractivity contribution in [3.63, 3.8) is 0 Å². The van der Waals surface area contributed by atoms with Gasteiger partial charge in [-0.1, -0.05) is 18.2 Å². The molecule has 2 rings (SSSR count). The highest BCUT2D eigenvalue weighted by Crippen LogP contribution is 2.24. The summed E-state index contributed by atoms with van der Waals surface area (Å²) in [5.74, 6) is -1.40. The van der Waals surface area contributed by atoms with Crippen molar-refractivity contribution in [2.45, 2.75) is 6.61 Å². The fourth-order valence-electron chi connectivity index (χ4n) is 1.54. The average molecular weight is 325 g/mol. The van der Waals surface area contributed by atoms with Crippen LogP contribution in [-0.4, -0.2) is 11.1 Å². The molecule has 2 aromatic rings. The van der Waals surface area contributed by atoms with Crippen molar-refractivity contribution in [1.29, 1.82) is 0 Å². The molecule has 2 aromatic carbocycles. The standard InChI is InChI=1S/C14H10BrFO3/c15-11-3-1-2-4-13(11)19-8-9-5-6-10(14(17)18)12(16)7-9/h1-7H,8H2,(H,17,18). The van der Waals surface area contributed by atoms with E-state index >= 15 is 0 Å². The second-order valence-corrected chi connectivity index (χ2v) is 4.69. The minimum atomic E-state index is -1.28. The largest absolute Gasteiger partial charge is 0.488 e. The van der Waals surface area contributed by atoms with Crippen LogP contribution >= 0.6 is 15.9 Å².